The van der Waals surface area contributed by atoms with Crippen molar-refractivity contribution < 1.29 is 13.9 Å². The normalized spacial score (nSPS) is 10.7. The van der Waals surface area contributed by atoms with Gasteiger partial charge in [0.15, 0.2) is 5.43 Å². The van der Waals surface area contributed by atoms with Crippen molar-refractivity contribution in [1.82, 2.24) is 4.98 Å². The second kappa shape index (κ2) is 3.44. The molecule has 66 valence electrons. The fraction of sp³-hybridized carbons (Fsp3) is 0.286. The first-order chi connectivity index (χ1) is 5.66. The number of aliphatic hydroxyl groups excluding tert-OH is 1. The summed E-state index contributed by atoms with van der Waals surface area (Å²) in [7, 11) is 0. The lowest BCUT2D eigenvalue weighted by molar-refractivity contribution is 0.145. The summed E-state index contributed by atoms with van der Waals surface area (Å²) in [5.41, 5.74) is -1.54. The van der Waals surface area contributed by atoms with Crippen LogP contribution >= 0.6 is 0 Å². The molecule has 3 nitrogen and oxygen atoms in total. The molecule has 12 heavy (non-hydrogen) atoms. The molecule has 0 aliphatic carbocycles. The van der Waals surface area contributed by atoms with Crippen LogP contribution in [0.15, 0.2) is 17.1 Å². The molecule has 0 spiro atoms. The van der Waals surface area contributed by atoms with Crippen LogP contribution in [0.25, 0.3) is 0 Å². The maximum atomic E-state index is 12.1. The minimum absolute atomic E-state index is 0.127. The number of alkyl halides is 2. The molecule has 5 heteroatoms. The van der Waals surface area contributed by atoms with Gasteiger partial charge < -0.3 is 10.1 Å². The highest BCUT2D eigenvalue weighted by atomic mass is 19.3. The number of hydrogen-bond acceptors (Lipinski definition) is 2. The summed E-state index contributed by atoms with van der Waals surface area (Å²) >= 11 is 0. The smallest absolute Gasteiger partial charge is 0.269 e. The minimum atomic E-state index is -2.85. The van der Waals surface area contributed by atoms with Crippen LogP contribution in [-0.4, -0.2) is 10.1 Å². The van der Waals surface area contributed by atoms with E-state index in [1.807, 2.05) is 0 Å². The van der Waals surface area contributed by atoms with Gasteiger partial charge in [-0.05, 0) is 0 Å². The molecule has 0 atom stereocenters. The van der Waals surface area contributed by atoms with Gasteiger partial charge in [0, 0.05) is 12.3 Å². The maximum absolute atomic E-state index is 12.1. The molecule has 0 fully saturated rings. The van der Waals surface area contributed by atoms with Crippen LogP contribution in [0.4, 0.5) is 8.78 Å². The number of aromatic amines is 1. The number of nitrogens with one attached hydrogen (secondary N) is 1. The predicted molar refractivity (Wildman–Crippen MR) is 37.9 cm³/mol. The van der Waals surface area contributed by atoms with Crippen molar-refractivity contribution in [2.24, 2.45) is 0 Å². The van der Waals surface area contributed by atoms with Crippen LogP contribution in [0.5, 0.6) is 0 Å². The molecule has 0 radical (unpaired) electrons. The van der Waals surface area contributed by atoms with Crippen molar-refractivity contribution >= 4 is 0 Å². The van der Waals surface area contributed by atoms with Gasteiger partial charge in [-0.15, -0.1) is 0 Å². The predicted octanol–water partition coefficient (Wildman–Crippen LogP) is 0.805. The summed E-state index contributed by atoms with van der Waals surface area (Å²) in [4.78, 5) is 13.2. The van der Waals surface area contributed by atoms with Gasteiger partial charge >= 0.3 is 0 Å². The highest BCUT2D eigenvalue weighted by Gasteiger charge is 2.15. The molecule has 1 aromatic heterocycles. The number of H-pyrrole nitrogens is 1. The molecular weight excluding hydrogens is 168 g/mol. The first-order valence-electron chi connectivity index (χ1n) is 3.26. The Balaban J connectivity index is 3.30. The SMILES string of the molecule is O=c1cc[nH]c(CO)c1C(F)F. The topological polar surface area (TPSA) is 53.1 Å². The second-order valence-electron chi connectivity index (χ2n) is 2.19. The Kier molecular flexibility index (Phi) is 2.54. The van der Waals surface area contributed by atoms with E-state index in [2.05, 4.69) is 4.98 Å². The van der Waals surface area contributed by atoms with E-state index < -0.39 is 24.0 Å². The standard InChI is InChI=1S/C7H7F2NO2/c8-7(9)6-4(3-11)10-2-1-5(6)12/h1-2,7,11H,3H2,(H,10,12). The first kappa shape index (κ1) is 8.86. The van der Waals surface area contributed by atoms with Crippen molar-refractivity contribution in [3.05, 3.63) is 33.7 Å². The van der Waals surface area contributed by atoms with E-state index in [1.54, 1.807) is 0 Å². The van der Waals surface area contributed by atoms with Crippen molar-refractivity contribution in [2.45, 2.75) is 13.0 Å². The fourth-order valence-electron chi connectivity index (χ4n) is 0.904. The molecule has 0 aliphatic rings. The number of rotatable bonds is 2. The Labute approximate surface area is 66.7 Å². The Bertz CT molecular complexity index is 321. The average molecular weight is 175 g/mol. The van der Waals surface area contributed by atoms with E-state index in [0.29, 0.717) is 0 Å². The highest BCUT2D eigenvalue weighted by molar-refractivity contribution is 5.20. The van der Waals surface area contributed by atoms with E-state index in [9.17, 15) is 13.6 Å². The molecule has 0 saturated heterocycles. The second-order valence-corrected chi connectivity index (χ2v) is 2.19. The molecule has 1 rings (SSSR count). The molecule has 2 N–H and O–H groups in total. The lowest BCUT2D eigenvalue weighted by Crippen LogP contribution is -2.13. The number of aliphatic hydroxyl groups is 1. The molecule has 1 heterocycles. The van der Waals surface area contributed by atoms with Crippen molar-refractivity contribution in [3.8, 4) is 0 Å². The lowest BCUT2D eigenvalue weighted by atomic mass is 10.2. The van der Waals surface area contributed by atoms with Crippen LogP contribution in [0.2, 0.25) is 0 Å². The zero-order valence-corrected chi connectivity index (χ0v) is 6.05. The minimum Gasteiger partial charge on any atom is -0.390 e. The zero-order valence-electron chi connectivity index (χ0n) is 6.05. The van der Waals surface area contributed by atoms with Crippen LogP contribution in [-0.2, 0) is 6.61 Å². The van der Waals surface area contributed by atoms with Gasteiger partial charge in [0.2, 0.25) is 0 Å². The van der Waals surface area contributed by atoms with Crippen LogP contribution in [0, 0.1) is 0 Å². The fourth-order valence-corrected chi connectivity index (χ4v) is 0.904. The summed E-state index contributed by atoms with van der Waals surface area (Å²) < 4.78 is 24.3. The highest BCUT2D eigenvalue weighted by Crippen LogP contribution is 2.17. The largest absolute Gasteiger partial charge is 0.390 e. The van der Waals surface area contributed by atoms with Crippen LogP contribution in [0.3, 0.4) is 0 Å². The molecule has 0 amide bonds. The Hall–Kier alpha value is -1.23. The van der Waals surface area contributed by atoms with Gasteiger partial charge in [-0.2, -0.15) is 0 Å². The molecular formula is C7H7F2NO2. The van der Waals surface area contributed by atoms with Crippen molar-refractivity contribution in [3.63, 3.8) is 0 Å². The third kappa shape index (κ3) is 1.50. The molecule has 0 aromatic carbocycles. The summed E-state index contributed by atoms with van der Waals surface area (Å²) in [5, 5.41) is 8.59. The maximum Gasteiger partial charge on any atom is 0.269 e. The van der Waals surface area contributed by atoms with Gasteiger partial charge in [-0.25, -0.2) is 8.78 Å². The van der Waals surface area contributed by atoms with Gasteiger partial charge in [-0.1, -0.05) is 0 Å². The van der Waals surface area contributed by atoms with E-state index in [1.165, 1.54) is 6.20 Å². The Morgan fingerprint density at radius 2 is 2.25 bits per heavy atom. The summed E-state index contributed by atoms with van der Waals surface area (Å²) in [6.45, 7) is -0.588. The zero-order chi connectivity index (χ0) is 9.14. The first-order valence-corrected chi connectivity index (χ1v) is 3.26. The van der Waals surface area contributed by atoms with Crippen LogP contribution in [0.1, 0.15) is 17.7 Å². The molecule has 1 aromatic rings. The lowest BCUT2D eigenvalue weighted by Gasteiger charge is -2.03. The third-order valence-corrected chi connectivity index (χ3v) is 1.46. The number of hydrogen-bond donors (Lipinski definition) is 2. The third-order valence-electron chi connectivity index (χ3n) is 1.46. The summed E-state index contributed by atoms with van der Waals surface area (Å²) in [5.74, 6) is 0. The molecule has 0 saturated carbocycles. The molecule has 0 bridgehead atoms. The van der Waals surface area contributed by atoms with Gasteiger partial charge in [0.1, 0.15) is 0 Å². The number of pyridine rings is 1. The molecule has 0 aliphatic heterocycles. The summed E-state index contributed by atoms with van der Waals surface area (Å²) in [6.07, 6.45) is -1.63. The molecule has 0 unspecified atom stereocenters. The Morgan fingerprint density at radius 1 is 1.58 bits per heavy atom. The van der Waals surface area contributed by atoms with Gasteiger partial charge in [-0.3, -0.25) is 4.79 Å². The van der Waals surface area contributed by atoms with E-state index >= 15 is 0 Å². The van der Waals surface area contributed by atoms with E-state index in [-0.39, 0.29) is 5.69 Å². The Morgan fingerprint density at radius 3 is 2.67 bits per heavy atom. The summed E-state index contributed by atoms with van der Waals surface area (Å²) in [6, 6.07) is 1.00. The van der Waals surface area contributed by atoms with Crippen LogP contribution < -0.4 is 5.43 Å². The van der Waals surface area contributed by atoms with Crippen molar-refractivity contribution in [1.29, 1.82) is 0 Å². The van der Waals surface area contributed by atoms with E-state index in [0.717, 1.165) is 6.07 Å². The van der Waals surface area contributed by atoms with Crippen molar-refractivity contribution in [2.75, 3.05) is 0 Å². The van der Waals surface area contributed by atoms with E-state index in [4.69, 9.17) is 5.11 Å². The number of halogens is 2. The van der Waals surface area contributed by atoms with Gasteiger partial charge in [0.05, 0.1) is 17.9 Å². The quantitative estimate of drug-likeness (QED) is 0.698. The number of aromatic nitrogens is 1. The van der Waals surface area contributed by atoms with Gasteiger partial charge in [0.25, 0.3) is 6.43 Å². The average Bonchev–Trinajstić information content (AvgIpc) is 2.03. The monoisotopic (exact) mass is 175 g/mol.